The lowest BCUT2D eigenvalue weighted by molar-refractivity contribution is 0.789. The molecule has 0 unspecified atom stereocenters. The lowest BCUT2D eigenvalue weighted by Crippen LogP contribution is -2.15. The molecule has 0 aromatic heterocycles. The van der Waals surface area contributed by atoms with Crippen LogP contribution in [0.1, 0.15) is 11.1 Å². The number of rotatable bonds is 4. The highest BCUT2D eigenvalue weighted by atomic mass is 15.1. The summed E-state index contributed by atoms with van der Waals surface area (Å²) in [6, 6.07) is 6.63. The van der Waals surface area contributed by atoms with Gasteiger partial charge >= 0.3 is 0 Å². The second-order valence-electron chi connectivity index (χ2n) is 3.88. The zero-order chi connectivity index (χ0) is 10.6. The van der Waals surface area contributed by atoms with E-state index < -0.39 is 0 Å². The molecule has 0 bridgehead atoms. The number of aryl methyl sites for hydroxylation is 1. The van der Waals surface area contributed by atoms with Crippen LogP contribution in [0, 0.1) is 6.92 Å². The van der Waals surface area contributed by atoms with Gasteiger partial charge < -0.3 is 10.2 Å². The maximum atomic E-state index is 3.18. The smallest absolute Gasteiger partial charge is 0.0394 e. The van der Waals surface area contributed by atoms with Crippen LogP contribution in [0.2, 0.25) is 0 Å². The minimum absolute atomic E-state index is 1.03. The molecule has 1 rings (SSSR count). The molecule has 14 heavy (non-hydrogen) atoms. The molecule has 1 aromatic rings. The third-order valence-electron chi connectivity index (χ3n) is 2.36. The summed E-state index contributed by atoms with van der Waals surface area (Å²) in [7, 11) is 6.17. The second kappa shape index (κ2) is 5.01. The third kappa shape index (κ3) is 2.74. The van der Waals surface area contributed by atoms with Crippen LogP contribution in [-0.2, 0) is 6.42 Å². The SMILES string of the molecule is CNCCc1cc(C)ccc1N(C)C. The van der Waals surface area contributed by atoms with E-state index >= 15 is 0 Å². The van der Waals surface area contributed by atoms with Crippen LogP contribution >= 0.6 is 0 Å². The van der Waals surface area contributed by atoms with Crippen LogP contribution < -0.4 is 10.2 Å². The molecule has 0 heterocycles. The summed E-state index contributed by atoms with van der Waals surface area (Å²) in [4.78, 5) is 2.17. The first-order valence-corrected chi connectivity index (χ1v) is 5.06. The van der Waals surface area contributed by atoms with Crippen molar-refractivity contribution >= 4 is 5.69 Å². The molecule has 2 heteroatoms. The molecule has 0 aliphatic carbocycles. The van der Waals surface area contributed by atoms with Crippen LogP contribution in [0.3, 0.4) is 0 Å². The van der Waals surface area contributed by atoms with Crippen molar-refractivity contribution in [3.63, 3.8) is 0 Å². The van der Waals surface area contributed by atoms with Gasteiger partial charge in [-0.2, -0.15) is 0 Å². The highest BCUT2D eigenvalue weighted by Gasteiger charge is 2.03. The van der Waals surface area contributed by atoms with Crippen molar-refractivity contribution in [3.8, 4) is 0 Å². The first kappa shape index (κ1) is 11.1. The zero-order valence-corrected chi connectivity index (χ0v) is 9.59. The van der Waals surface area contributed by atoms with E-state index in [1.807, 2.05) is 7.05 Å². The van der Waals surface area contributed by atoms with Crippen molar-refractivity contribution in [1.29, 1.82) is 0 Å². The van der Waals surface area contributed by atoms with Gasteiger partial charge in [-0.3, -0.25) is 0 Å². The van der Waals surface area contributed by atoms with Crippen molar-refractivity contribution in [2.45, 2.75) is 13.3 Å². The van der Waals surface area contributed by atoms with E-state index in [1.165, 1.54) is 16.8 Å². The van der Waals surface area contributed by atoms with Crippen LogP contribution in [0.5, 0.6) is 0 Å². The molecule has 0 saturated heterocycles. The normalized spacial score (nSPS) is 10.3. The summed E-state index contributed by atoms with van der Waals surface area (Å²) >= 11 is 0. The van der Waals surface area contributed by atoms with E-state index in [9.17, 15) is 0 Å². The lowest BCUT2D eigenvalue weighted by atomic mass is 10.1. The molecule has 2 nitrogen and oxygen atoms in total. The number of anilines is 1. The summed E-state index contributed by atoms with van der Waals surface area (Å²) in [5.74, 6) is 0. The van der Waals surface area contributed by atoms with Gasteiger partial charge in [0.2, 0.25) is 0 Å². The summed E-state index contributed by atoms with van der Waals surface area (Å²) in [6.07, 6.45) is 1.09. The van der Waals surface area contributed by atoms with Gasteiger partial charge in [-0.05, 0) is 38.6 Å². The quantitative estimate of drug-likeness (QED) is 0.783. The highest BCUT2D eigenvalue weighted by Crippen LogP contribution is 2.20. The average molecular weight is 192 g/mol. The Morgan fingerprint density at radius 3 is 2.57 bits per heavy atom. The highest BCUT2D eigenvalue weighted by molar-refractivity contribution is 5.54. The summed E-state index contributed by atoms with van der Waals surface area (Å²) in [6.45, 7) is 3.17. The van der Waals surface area contributed by atoms with Gasteiger partial charge in [-0.1, -0.05) is 17.7 Å². The standard InChI is InChI=1S/C12H20N2/c1-10-5-6-12(14(3)4)11(9-10)7-8-13-2/h5-6,9,13H,7-8H2,1-4H3. The zero-order valence-electron chi connectivity index (χ0n) is 9.59. The molecule has 0 amide bonds. The Kier molecular flexibility index (Phi) is 3.96. The van der Waals surface area contributed by atoms with E-state index in [1.54, 1.807) is 0 Å². The average Bonchev–Trinajstić information content (AvgIpc) is 2.14. The van der Waals surface area contributed by atoms with Crippen LogP contribution in [0.25, 0.3) is 0 Å². The molecule has 0 spiro atoms. The number of nitrogens with one attached hydrogen (secondary N) is 1. The van der Waals surface area contributed by atoms with E-state index in [-0.39, 0.29) is 0 Å². The Morgan fingerprint density at radius 2 is 2.00 bits per heavy atom. The number of benzene rings is 1. The van der Waals surface area contributed by atoms with Crippen molar-refractivity contribution in [1.82, 2.24) is 5.32 Å². The van der Waals surface area contributed by atoms with Crippen molar-refractivity contribution in [2.75, 3.05) is 32.6 Å². The van der Waals surface area contributed by atoms with Gasteiger partial charge in [-0.25, -0.2) is 0 Å². The number of likely N-dealkylation sites (N-methyl/N-ethyl adjacent to an activating group) is 1. The van der Waals surface area contributed by atoms with Crippen molar-refractivity contribution in [3.05, 3.63) is 29.3 Å². The molecular weight excluding hydrogens is 172 g/mol. The first-order valence-electron chi connectivity index (χ1n) is 5.06. The molecule has 0 atom stereocenters. The van der Waals surface area contributed by atoms with E-state index in [0.717, 1.165) is 13.0 Å². The largest absolute Gasteiger partial charge is 0.377 e. The Balaban J connectivity index is 2.91. The Bertz CT molecular complexity index is 292. The monoisotopic (exact) mass is 192 g/mol. The predicted octanol–water partition coefficient (Wildman–Crippen LogP) is 1.82. The van der Waals surface area contributed by atoms with Gasteiger partial charge in [0.15, 0.2) is 0 Å². The molecular formula is C12H20N2. The number of hydrogen-bond donors (Lipinski definition) is 1. The molecule has 0 radical (unpaired) electrons. The van der Waals surface area contributed by atoms with Crippen LogP contribution in [0.15, 0.2) is 18.2 Å². The van der Waals surface area contributed by atoms with Crippen molar-refractivity contribution < 1.29 is 0 Å². The molecule has 0 aliphatic rings. The van der Waals surface area contributed by atoms with Gasteiger partial charge in [-0.15, -0.1) is 0 Å². The fourth-order valence-electron chi connectivity index (χ4n) is 1.61. The van der Waals surface area contributed by atoms with E-state index in [2.05, 4.69) is 49.4 Å². The lowest BCUT2D eigenvalue weighted by Gasteiger charge is -2.18. The maximum absolute atomic E-state index is 3.18. The van der Waals surface area contributed by atoms with Gasteiger partial charge in [0.1, 0.15) is 0 Å². The topological polar surface area (TPSA) is 15.3 Å². The van der Waals surface area contributed by atoms with E-state index in [4.69, 9.17) is 0 Å². The maximum Gasteiger partial charge on any atom is 0.0394 e. The van der Waals surface area contributed by atoms with Crippen molar-refractivity contribution in [2.24, 2.45) is 0 Å². The molecule has 78 valence electrons. The summed E-state index contributed by atoms with van der Waals surface area (Å²) in [5.41, 5.74) is 4.08. The molecule has 1 N–H and O–H groups in total. The van der Waals surface area contributed by atoms with Crippen LogP contribution in [-0.4, -0.2) is 27.7 Å². The fraction of sp³-hybridized carbons (Fsp3) is 0.500. The molecule has 1 aromatic carbocycles. The minimum atomic E-state index is 1.03. The second-order valence-corrected chi connectivity index (χ2v) is 3.88. The fourth-order valence-corrected chi connectivity index (χ4v) is 1.61. The first-order chi connectivity index (χ1) is 6.65. The van der Waals surface area contributed by atoms with Gasteiger partial charge in [0.25, 0.3) is 0 Å². The molecule has 0 saturated carbocycles. The summed E-state index contributed by atoms with van der Waals surface area (Å²) < 4.78 is 0. The van der Waals surface area contributed by atoms with Gasteiger partial charge in [0, 0.05) is 19.8 Å². The Hall–Kier alpha value is -1.02. The number of hydrogen-bond acceptors (Lipinski definition) is 2. The van der Waals surface area contributed by atoms with E-state index in [0.29, 0.717) is 0 Å². The molecule has 0 fully saturated rings. The summed E-state index contributed by atoms with van der Waals surface area (Å²) in [5, 5.41) is 3.18. The Labute approximate surface area is 86.9 Å². The minimum Gasteiger partial charge on any atom is -0.377 e. The molecule has 0 aliphatic heterocycles. The van der Waals surface area contributed by atoms with Gasteiger partial charge in [0.05, 0.1) is 0 Å². The predicted molar refractivity (Wildman–Crippen MR) is 63.1 cm³/mol. The number of nitrogens with zero attached hydrogens (tertiary/aromatic N) is 1. The third-order valence-corrected chi connectivity index (χ3v) is 2.36. The van der Waals surface area contributed by atoms with Crippen LogP contribution in [0.4, 0.5) is 5.69 Å². The Morgan fingerprint density at radius 1 is 1.29 bits per heavy atom.